The number of nitrogens with zero attached hydrogens (tertiary/aromatic N) is 2. The van der Waals surface area contributed by atoms with E-state index in [-0.39, 0.29) is 0 Å². The van der Waals surface area contributed by atoms with Gasteiger partial charge in [-0.05, 0) is 24.9 Å². The lowest BCUT2D eigenvalue weighted by Gasteiger charge is -1.98. The summed E-state index contributed by atoms with van der Waals surface area (Å²) in [6.45, 7) is 0.815. The summed E-state index contributed by atoms with van der Waals surface area (Å²) in [5, 5.41) is 4.12. The maximum Gasteiger partial charge on any atom is 0.0492 e. The Morgan fingerprint density at radius 1 is 1.82 bits per heavy atom. The van der Waals surface area contributed by atoms with Crippen molar-refractivity contribution in [2.75, 3.05) is 6.54 Å². The molecule has 1 fully saturated rings. The fourth-order valence-electron chi connectivity index (χ4n) is 1.62. The molecule has 0 spiro atoms. The van der Waals surface area contributed by atoms with E-state index in [1.807, 2.05) is 17.9 Å². The maximum atomic E-state index is 5.55. The van der Waals surface area contributed by atoms with E-state index in [1.165, 1.54) is 12.1 Å². The van der Waals surface area contributed by atoms with Gasteiger partial charge in [-0.25, -0.2) is 0 Å². The van der Waals surface area contributed by atoms with Crippen molar-refractivity contribution in [3.05, 3.63) is 18.0 Å². The zero-order valence-corrected chi connectivity index (χ0v) is 6.70. The number of aromatic nitrogens is 2. The lowest BCUT2D eigenvalue weighted by molar-refractivity contribution is 0.690. The van der Waals surface area contributed by atoms with Crippen LogP contribution in [-0.4, -0.2) is 16.3 Å². The molecule has 1 aromatic rings. The molecule has 0 amide bonds. The molecule has 1 aliphatic carbocycles. The lowest BCUT2D eigenvalue weighted by atomic mass is 10.2. The second kappa shape index (κ2) is 2.34. The zero-order valence-electron chi connectivity index (χ0n) is 6.70. The minimum atomic E-state index is 0.687. The molecule has 1 saturated carbocycles. The van der Waals surface area contributed by atoms with Gasteiger partial charge in [-0.3, -0.25) is 4.68 Å². The van der Waals surface area contributed by atoms with Crippen LogP contribution in [0.2, 0.25) is 0 Å². The van der Waals surface area contributed by atoms with Crippen molar-refractivity contribution in [1.29, 1.82) is 0 Å². The van der Waals surface area contributed by atoms with E-state index in [0.29, 0.717) is 11.8 Å². The zero-order chi connectivity index (χ0) is 7.84. The van der Waals surface area contributed by atoms with Crippen molar-refractivity contribution in [3.8, 4) is 0 Å². The van der Waals surface area contributed by atoms with Crippen molar-refractivity contribution in [1.82, 2.24) is 9.78 Å². The normalized spacial score (nSPS) is 28.9. The molecule has 11 heavy (non-hydrogen) atoms. The van der Waals surface area contributed by atoms with Gasteiger partial charge in [0.2, 0.25) is 0 Å². The largest absolute Gasteiger partial charge is 0.330 e. The van der Waals surface area contributed by atoms with E-state index in [2.05, 4.69) is 11.2 Å². The summed E-state index contributed by atoms with van der Waals surface area (Å²) >= 11 is 0. The molecule has 1 heterocycles. The van der Waals surface area contributed by atoms with Gasteiger partial charge in [0.15, 0.2) is 0 Å². The summed E-state index contributed by atoms with van der Waals surface area (Å²) in [6, 6.07) is 2.08. The summed E-state index contributed by atoms with van der Waals surface area (Å²) in [6.07, 6.45) is 3.09. The summed E-state index contributed by atoms with van der Waals surface area (Å²) in [7, 11) is 1.99. The molecular weight excluding hydrogens is 138 g/mol. The third-order valence-corrected chi connectivity index (χ3v) is 2.46. The lowest BCUT2D eigenvalue weighted by Crippen LogP contribution is -2.04. The van der Waals surface area contributed by atoms with Crippen LogP contribution < -0.4 is 5.73 Å². The van der Waals surface area contributed by atoms with Gasteiger partial charge in [0.1, 0.15) is 0 Å². The third kappa shape index (κ3) is 1.05. The molecular formula is C8H13N3. The Labute approximate surface area is 66.2 Å². The van der Waals surface area contributed by atoms with E-state index in [4.69, 9.17) is 5.73 Å². The quantitative estimate of drug-likeness (QED) is 0.668. The van der Waals surface area contributed by atoms with Gasteiger partial charge >= 0.3 is 0 Å². The Morgan fingerprint density at radius 3 is 3.09 bits per heavy atom. The molecule has 2 atom stereocenters. The number of hydrogen-bond acceptors (Lipinski definition) is 2. The molecule has 0 unspecified atom stereocenters. The highest BCUT2D eigenvalue weighted by Crippen LogP contribution is 2.46. The smallest absolute Gasteiger partial charge is 0.0492 e. The van der Waals surface area contributed by atoms with Crippen LogP contribution in [0.4, 0.5) is 0 Å². The van der Waals surface area contributed by atoms with Crippen LogP contribution in [0, 0.1) is 5.92 Å². The number of hydrogen-bond donors (Lipinski definition) is 1. The van der Waals surface area contributed by atoms with Gasteiger partial charge in [0.05, 0.1) is 0 Å². The summed E-state index contributed by atoms with van der Waals surface area (Å²) in [5.74, 6) is 1.40. The van der Waals surface area contributed by atoms with Crippen molar-refractivity contribution in [2.24, 2.45) is 18.7 Å². The van der Waals surface area contributed by atoms with Crippen LogP contribution in [0.3, 0.4) is 0 Å². The minimum Gasteiger partial charge on any atom is -0.330 e. The van der Waals surface area contributed by atoms with Crippen molar-refractivity contribution < 1.29 is 0 Å². The average Bonchev–Trinajstić information content (AvgIpc) is 2.68. The second-order valence-electron chi connectivity index (χ2n) is 3.22. The molecule has 3 nitrogen and oxygen atoms in total. The number of rotatable bonds is 2. The first-order chi connectivity index (χ1) is 5.33. The Kier molecular flexibility index (Phi) is 1.46. The van der Waals surface area contributed by atoms with Gasteiger partial charge in [-0.15, -0.1) is 0 Å². The Hall–Kier alpha value is -0.830. The fraction of sp³-hybridized carbons (Fsp3) is 0.625. The van der Waals surface area contributed by atoms with Gasteiger partial charge < -0.3 is 5.73 Å². The molecule has 60 valence electrons. The fourth-order valence-corrected chi connectivity index (χ4v) is 1.62. The molecule has 0 bridgehead atoms. The van der Waals surface area contributed by atoms with Crippen LogP contribution >= 0.6 is 0 Å². The molecule has 3 heteroatoms. The van der Waals surface area contributed by atoms with Crippen LogP contribution in [0.15, 0.2) is 12.3 Å². The number of aryl methyl sites for hydroxylation is 1. The standard InChI is InChI=1S/C8H13N3/c1-11-8(2-3-10-11)7-4-6(7)5-9/h2-3,6-7H,4-5,9H2,1H3/t6-,7+/m0/s1. The Bertz CT molecular complexity index is 254. The molecule has 0 saturated heterocycles. The van der Waals surface area contributed by atoms with Gasteiger partial charge in [0, 0.05) is 24.9 Å². The number of nitrogens with two attached hydrogens (primary N) is 1. The van der Waals surface area contributed by atoms with E-state index in [0.717, 1.165) is 6.54 Å². The molecule has 0 aliphatic heterocycles. The molecule has 2 rings (SSSR count). The van der Waals surface area contributed by atoms with Crippen LogP contribution in [-0.2, 0) is 7.05 Å². The molecule has 2 N–H and O–H groups in total. The monoisotopic (exact) mass is 151 g/mol. The first-order valence-electron chi connectivity index (χ1n) is 4.01. The van der Waals surface area contributed by atoms with Gasteiger partial charge in [-0.1, -0.05) is 0 Å². The van der Waals surface area contributed by atoms with Crippen LogP contribution in [0.5, 0.6) is 0 Å². The highest BCUT2D eigenvalue weighted by molar-refractivity contribution is 5.17. The minimum absolute atomic E-state index is 0.687. The average molecular weight is 151 g/mol. The molecule has 1 aliphatic rings. The van der Waals surface area contributed by atoms with Crippen molar-refractivity contribution >= 4 is 0 Å². The third-order valence-electron chi connectivity index (χ3n) is 2.46. The van der Waals surface area contributed by atoms with E-state index in [1.54, 1.807) is 0 Å². The highest BCUT2D eigenvalue weighted by atomic mass is 15.3. The van der Waals surface area contributed by atoms with Crippen LogP contribution in [0.25, 0.3) is 0 Å². The van der Waals surface area contributed by atoms with E-state index in [9.17, 15) is 0 Å². The Morgan fingerprint density at radius 2 is 2.64 bits per heavy atom. The summed E-state index contributed by atoms with van der Waals surface area (Å²) in [5.41, 5.74) is 6.88. The van der Waals surface area contributed by atoms with Crippen LogP contribution in [0.1, 0.15) is 18.0 Å². The molecule has 0 aromatic carbocycles. The predicted molar refractivity (Wildman–Crippen MR) is 43.1 cm³/mol. The summed E-state index contributed by atoms with van der Waals surface area (Å²) in [4.78, 5) is 0. The molecule has 0 radical (unpaired) electrons. The first-order valence-corrected chi connectivity index (χ1v) is 4.01. The van der Waals surface area contributed by atoms with E-state index >= 15 is 0 Å². The van der Waals surface area contributed by atoms with Gasteiger partial charge in [-0.2, -0.15) is 5.10 Å². The predicted octanol–water partition coefficient (Wildman–Crippen LogP) is 0.482. The Balaban J connectivity index is 2.14. The van der Waals surface area contributed by atoms with E-state index < -0.39 is 0 Å². The van der Waals surface area contributed by atoms with Crippen molar-refractivity contribution in [3.63, 3.8) is 0 Å². The van der Waals surface area contributed by atoms with Crippen molar-refractivity contribution in [2.45, 2.75) is 12.3 Å². The molecule has 1 aromatic heterocycles. The van der Waals surface area contributed by atoms with Gasteiger partial charge in [0.25, 0.3) is 0 Å². The topological polar surface area (TPSA) is 43.8 Å². The first kappa shape index (κ1) is 6.85. The SMILES string of the molecule is Cn1nccc1[C@@H]1C[C@H]1CN. The second-order valence-corrected chi connectivity index (χ2v) is 3.22. The summed E-state index contributed by atoms with van der Waals surface area (Å²) < 4.78 is 1.94. The highest BCUT2D eigenvalue weighted by Gasteiger charge is 2.38. The maximum absolute atomic E-state index is 5.55.